The van der Waals surface area contributed by atoms with E-state index in [0.29, 0.717) is 0 Å². The summed E-state index contributed by atoms with van der Waals surface area (Å²) in [5.74, 6) is -3.31. The molecule has 2 N–H and O–H groups in total. The van der Waals surface area contributed by atoms with Crippen molar-refractivity contribution in [2.45, 2.75) is 38.8 Å². The van der Waals surface area contributed by atoms with E-state index in [1.54, 1.807) is 31.2 Å². The van der Waals surface area contributed by atoms with E-state index in [4.69, 9.17) is 9.84 Å². The van der Waals surface area contributed by atoms with Gasteiger partial charge in [0.2, 0.25) is 5.91 Å². The first-order valence-electron chi connectivity index (χ1n) is 7.79. The van der Waals surface area contributed by atoms with Gasteiger partial charge in [-0.1, -0.05) is 30.3 Å². The highest BCUT2D eigenvalue weighted by molar-refractivity contribution is 5.88. The van der Waals surface area contributed by atoms with Crippen LogP contribution in [0.15, 0.2) is 30.3 Å². The fraction of sp³-hybridized carbons (Fsp3) is 0.412. The number of amides is 1. The molecule has 0 aliphatic rings. The van der Waals surface area contributed by atoms with E-state index < -0.39 is 36.3 Å². The first-order chi connectivity index (χ1) is 11.9. The lowest BCUT2D eigenvalue weighted by atomic mass is 10.2. The van der Waals surface area contributed by atoms with Crippen LogP contribution in [0.3, 0.4) is 0 Å². The van der Waals surface area contributed by atoms with Gasteiger partial charge in [-0.15, -0.1) is 0 Å². The van der Waals surface area contributed by atoms with Crippen molar-refractivity contribution in [2.24, 2.45) is 0 Å². The zero-order valence-corrected chi connectivity index (χ0v) is 13.9. The predicted molar refractivity (Wildman–Crippen MR) is 86.3 cm³/mol. The molecule has 0 radical (unpaired) electrons. The molecule has 8 nitrogen and oxygen atoms in total. The lowest BCUT2D eigenvalue weighted by Gasteiger charge is -2.14. The molecule has 0 fully saturated rings. The summed E-state index contributed by atoms with van der Waals surface area (Å²) in [5, 5.41) is 11.3. The van der Waals surface area contributed by atoms with Gasteiger partial charge in [0.1, 0.15) is 12.6 Å². The van der Waals surface area contributed by atoms with E-state index in [0.717, 1.165) is 5.56 Å². The van der Waals surface area contributed by atoms with Gasteiger partial charge in [0, 0.05) is 6.42 Å². The quantitative estimate of drug-likeness (QED) is 0.604. The van der Waals surface area contributed by atoms with Crippen molar-refractivity contribution in [2.75, 3.05) is 6.61 Å². The third-order valence-corrected chi connectivity index (χ3v) is 3.11. The Bertz CT molecular complexity index is 600. The molecule has 0 bridgehead atoms. The average molecular weight is 351 g/mol. The Morgan fingerprint density at radius 2 is 1.72 bits per heavy atom. The Kier molecular flexibility index (Phi) is 8.70. The number of hydrogen-bond acceptors (Lipinski definition) is 6. The zero-order chi connectivity index (χ0) is 18.7. The fourth-order valence-corrected chi connectivity index (χ4v) is 1.88. The molecule has 0 heterocycles. The summed E-state index contributed by atoms with van der Waals surface area (Å²) in [4.78, 5) is 45.8. The highest BCUT2D eigenvalue weighted by Crippen LogP contribution is 2.04. The molecule has 0 aliphatic carbocycles. The van der Waals surface area contributed by atoms with Gasteiger partial charge in [0.05, 0.1) is 19.4 Å². The van der Waals surface area contributed by atoms with Gasteiger partial charge in [-0.2, -0.15) is 0 Å². The van der Waals surface area contributed by atoms with Crippen LogP contribution >= 0.6 is 0 Å². The monoisotopic (exact) mass is 351 g/mol. The Hall–Kier alpha value is -2.90. The zero-order valence-electron chi connectivity index (χ0n) is 13.9. The summed E-state index contributed by atoms with van der Waals surface area (Å²) in [7, 11) is 0. The van der Waals surface area contributed by atoms with E-state index in [-0.39, 0.29) is 26.1 Å². The molecule has 0 aliphatic heterocycles. The molecule has 8 heteroatoms. The van der Waals surface area contributed by atoms with E-state index in [9.17, 15) is 19.2 Å². The summed E-state index contributed by atoms with van der Waals surface area (Å²) < 4.78 is 9.67. The molecule has 25 heavy (non-hydrogen) atoms. The number of hydrogen-bond donors (Lipinski definition) is 2. The third-order valence-electron chi connectivity index (χ3n) is 3.11. The number of ether oxygens (including phenoxy) is 2. The van der Waals surface area contributed by atoms with Crippen molar-refractivity contribution in [1.29, 1.82) is 0 Å². The highest BCUT2D eigenvalue weighted by Gasteiger charge is 2.24. The van der Waals surface area contributed by atoms with E-state index >= 15 is 0 Å². The SMILES string of the molecule is CCOC(=O)CCC(=O)N[C@H](CC(=O)OCc1ccccc1)C(=O)O. The molecule has 0 aromatic heterocycles. The minimum absolute atomic E-state index is 0.0167. The van der Waals surface area contributed by atoms with Crippen LogP contribution in [0.5, 0.6) is 0 Å². The van der Waals surface area contributed by atoms with E-state index in [1.165, 1.54) is 0 Å². The van der Waals surface area contributed by atoms with Crippen molar-refractivity contribution >= 4 is 23.8 Å². The second-order valence-electron chi connectivity index (χ2n) is 5.11. The summed E-state index contributed by atoms with van der Waals surface area (Å²) in [5.41, 5.74) is 0.765. The minimum atomic E-state index is -1.42. The van der Waals surface area contributed by atoms with Crippen LogP contribution in [0.25, 0.3) is 0 Å². The molecule has 1 amide bonds. The molecule has 0 saturated heterocycles. The van der Waals surface area contributed by atoms with Crippen LogP contribution in [0, 0.1) is 0 Å². The average Bonchev–Trinajstić information content (AvgIpc) is 2.58. The van der Waals surface area contributed by atoms with Crippen LogP contribution in [0.2, 0.25) is 0 Å². The van der Waals surface area contributed by atoms with Crippen LogP contribution in [0.4, 0.5) is 0 Å². The molecule has 0 unspecified atom stereocenters. The normalized spacial score (nSPS) is 11.2. The molecule has 1 atom stereocenters. The fourth-order valence-electron chi connectivity index (χ4n) is 1.88. The summed E-state index contributed by atoms with van der Waals surface area (Å²) in [6.07, 6.45) is -0.889. The molecule has 1 aromatic rings. The third kappa shape index (κ3) is 8.50. The first kappa shape index (κ1) is 20.1. The van der Waals surface area contributed by atoms with Gasteiger partial charge in [-0.05, 0) is 12.5 Å². The molecule has 0 spiro atoms. The van der Waals surface area contributed by atoms with Crippen LogP contribution in [-0.4, -0.2) is 41.6 Å². The first-order valence-corrected chi connectivity index (χ1v) is 7.79. The Balaban J connectivity index is 2.42. The number of benzene rings is 1. The molecular formula is C17H21NO7. The summed E-state index contributed by atoms with van der Waals surface area (Å²) in [6.45, 7) is 1.85. The number of carbonyl (C=O) groups excluding carboxylic acids is 3. The lowest BCUT2D eigenvalue weighted by Crippen LogP contribution is -2.42. The van der Waals surface area contributed by atoms with Crippen molar-refractivity contribution in [1.82, 2.24) is 5.32 Å². The molecule has 1 rings (SSSR count). The topological polar surface area (TPSA) is 119 Å². The van der Waals surface area contributed by atoms with Crippen LogP contribution < -0.4 is 5.32 Å². The predicted octanol–water partition coefficient (Wildman–Crippen LogP) is 1.03. The Labute approximate surface area is 145 Å². The maximum absolute atomic E-state index is 11.8. The number of aliphatic carboxylic acids is 1. The van der Waals surface area contributed by atoms with Gasteiger partial charge in [0.15, 0.2) is 0 Å². The number of carbonyl (C=O) groups is 4. The van der Waals surface area contributed by atoms with Gasteiger partial charge in [0.25, 0.3) is 0 Å². The largest absolute Gasteiger partial charge is 0.480 e. The second kappa shape index (κ2) is 10.8. The second-order valence-corrected chi connectivity index (χ2v) is 5.11. The molecule has 136 valence electrons. The number of rotatable bonds is 10. The van der Waals surface area contributed by atoms with Crippen LogP contribution in [-0.2, 0) is 35.3 Å². The van der Waals surface area contributed by atoms with Crippen molar-refractivity contribution in [3.8, 4) is 0 Å². The number of nitrogens with one attached hydrogen (secondary N) is 1. The number of carboxylic acids is 1. The summed E-state index contributed by atoms with van der Waals surface area (Å²) in [6, 6.07) is 7.49. The van der Waals surface area contributed by atoms with Crippen LogP contribution in [0.1, 0.15) is 31.7 Å². The Morgan fingerprint density at radius 3 is 2.32 bits per heavy atom. The van der Waals surface area contributed by atoms with Gasteiger partial charge in [-0.25, -0.2) is 4.79 Å². The van der Waals surface area contributed by atoms with E-state index in [2.05, 4.69) is 10.1 Å². The maximum Gasteiger partial charge on any atom is 0.326 e. The molecule has 0 saturated carbocycles. The maximum atomic E-state index is 11.8. The van der Waals surface area contributed by atoms with Gasteiger partial charge >= 0.3 is 17.9 Å². The van der Waals surface area contributed by atoms with Gasteiger partial charge < -0.3 is 19.9 Å². The van der Waals surface area contributed by atoms with Crippen molar-refractivity contribution < 1.29 is 33.8 Å². The molecular weight excluding hydrogens is 330 g/mol. The van der Waals surface area contributed by atoms with Crippen molar-refractivity contribution in [3.63, 3.8) is 0 Å². The highest BCUT2D eigenvalue weighted by atomic mass is 16.5. The van der Waals surface area contributed by atoms with Crippen molar-refractivity contribution in [3.05, 3.63) is 35.9 Å². The standard InChI is InChI=1S/C17H21NO7/c1-2-24-15(20)9-8-14(19)18-13(17(22)23)10-16(21)25-11-12-6-4-3-5-7-12/h3-7,13H,2,8-11H2,1H3,(H,18,19)(H,22,23)/t13-/m1/s1. The van der Waals surface area contributed by atoms with E-state index in [1.807, 2.05) is 6.07 Å². The summed E-state index contributed by atoms with van der Waals surface area (Å²) >= 11 is 0. The minimum Gasteiger partial charge on any atom is -0.480 e. The number of carboxylic acid groups (broad SMARTS) is 1. The molecule has 1 aromatic carbocycles. The smallest absolute Gasteiger partial charge is 0.326 e. The van der Waals surface area contributed by atoms with Gasteiger partial charge in [-0.3, -0.25) is 14.4 Å². The lowest BCUT2D eigenvalue weighted by molar-refractivity contribution is -0.151. The Morgan fingerprint density at radius 1 is 1.04 bits per heavy atom. The number of esters is 2.